The summed E-state index contributed by atoms with van der Waals surface area (Å²) in [6.45, 7) is -3.06. The van der Waals surface area contributed by atoms with Crippen molar-refractivity contribution in [3.05, 3.63) is 35.5 Å². The molecule has 7 saturated heterocycles. The number of hydrogen-bond acceptors (Lipinski definition) is 56. The third-order valence-electron chi connectivity index (χ3n) is 27.4. The van der Waals surface area contributed by atoms with Crippen molar-refractivity contribution in [3.63, 3.8) is 0 Å². The first-order chi connectivity index (χ1) is 65.6. The highest BCUT2D eigenvalue weighted by atomic mass is 16.8. The molecule has 1 amide bonds. The lowest BCUT2D eigenvalue weighted by Crippen LogP contribution is -2.71. The number of hydrogen-bond donors (Lipinski definition) is 37. The van der Waals surface area contributed by atoms with Gasteiger partial charge in [-0.25, -0.2) is 0 Å². The molecule has 57 nitrogen and oxygen atoms in total. The smallest absolute Gasteiger partial charge is 0.254 e. The van der Waals surface area contributed by atoms with E-state index < -0.39 is 343 Å². The highest BCUT2D eigenvalue weighted by molar-refractivity contribution is 5.87. The fraction of sp³-hybridized carbons (Fsp3) is 0.901. The molecule has 0 radical (unpaired) electrons. The largest absolute Gasteiger partial charge is 0.467 e. The van der Waals surface area contributed by atoms with Crippen LogP contribution < -0.4 is 102 Å². The average molecular weight is 2000 g/mol. The molecule has 138 heavy (non-hydrogen) atoms. The summed E-state index contributed by atoms with van der Waals surface area (Å²) in [5, 5.41) is 206. The van der Waals surface area contributed by atoms with Crippen LogP contribution in [0.1, 0.15) is 51.4 Å². The molecular weight excluding hydrogens is 1850 g/mol. The molecule has 0 aromatic heterocycles. The zero-order valence-electron chi connectivity index (χ0n) is 76.1. The van der Waals surface area contributed by atoms with Gasteiger partial charge in [-0.3, -0.25) is 9.59 Å². The number of nitrogens with two attached hydrogens (primary N) is 16. The maximum absolute atomic E-state index is 12.9. The number of rotatable bonds is 37. The van der Waals surface area contributed by atoms with Crippen molar-refractivity contribution in [2.24, 2.45) is 109 Å². The second-order valence-corrected chi connectivity index (χ2v) is 37.1. The van der Waals surface area contributed by atoms with Crippen molar-refractivity contribution in [2.75, 3.05) is 91.9 Å². The van der Waals surface area contributed by atoms with Gasteiger partial charge in [0.2, 0.25) is 18.9 Å². The van der Waals surface area contributed by atoms with Crippen molar-refractivity contribution >= 4 is 11.7 Å². The summed E-state index contributed by atoms with van der Waals surface area (Å²) < 4.78 is 106. The maximum atomic E-state index is 12.9. The SMILES string of the molecule is NCC1=CC[C@@H](N)[C@@H](O[C@H]2[C@H](O[C@@H]3O[C@H](CO)[C@@H](O[C@H]4O[C@@H](CN)[C@@H](O)[C@H](O)[C@H]4N)[C@H]3O)[C@@H](O)[C@H](CC(=O)C(O)CN)C[C@@H]2N)O1.NCC1=CC[C@@H](N)[C@@H](O[C@H]2[C@H](O[C@@H]3O[C@H](CO)[C@@H](O[C@H]4O[C@@H](CN)[C@@H](O)[C@H](O)[C@H]4N)[C@H]3O)[C@@H](O)[C@H](CC(CO)CO)C[C@@H]2N)O1.NCC1=CC[C@@H](N)[C@@H](O[C@H]2[C@H](O[C@@H]3O[C@H](CO)[C@@H](O[C@H]4O[C@@H](CN)[C@@H](O)[C@H](O)[C@H]4N)[C@H]3O)[C@@H](O)[C@H](NC(=O)C3(O)CNC3)C[C@@H]2N)O1. The van der Waals surface area contributed by atoms with Gasteiger partial charge in [-0.2, -0.15) is 0 Å². The van der Waals surface area contributed by atoms with E-state index in [0.29, 0.717) is 36.5 Å². The molecule has 57 heteroatoms. The molecule has 0 bridgehead atoms. The second kappa shape index (κ2) is 51.4. The van der Waals surface area contributed by atoms with Gasteiger partial charge in [0.1, 0.15) is 176 Å². The summed E-state index contributed by atoms with van der Waals surface area (Å²) >= 11 is 0. The third-order valence-corrected chi connectivity index (χ3v) is 27.4. The number of amides is 1. The molecule has 0 aromatic rings. The van der Waals surface area contributed by atoms with Crippen LogP contribution in [0.15, 0.2) is 35.5 Å². The van der Waals surface area contributed by atoms with E-state index in [1.54, 1.807) is 18.2 Å². The zero-order valence-corrected chi connectivity index (χ0v) is 76.1. The minimum Gasteiger partial charge on any atom is -0.467 e. The Kier molecular flexibility index (Phi) is 42.4. The van der Waals surface area contributed by atoms with E-state index in [1.165, 1.54) is 0 Å². The summed E-state index contributed by atoms with van der Waals surface area (Å²) in [6.07, 6.45) is -42.1. The van der Waals surface area contributed by atoms with Gasteiger partial charge in [-0.15, -0.1) is 0 Å². The Bertz CT molecular complexity index is 3830. The molecule has 0 aromatic carbocycles. The number of ketones is 1. The average Bonchev–Trinajstić information content (AvgIpc) is 1.41. The van der Waals surface area contributed by atoms with E-state index in [-0.39, 0.29) is 104 Å². The lowest BCUT2D eigenvalue weighted by Gasteiger charge is -2.47. The number of carbonyl (C=O) groups excluding carboxylic acids is 2. The molecule has 53 N–H and O–H groups in total. The van der Waals surface area contributed by atoms with Crippen molar-refractivity contribution < 1.29 is 192 Å². The van der Waals surface area contributed by atoms with Crippen LogP contribution in [0, 0.1) is 17.8 Å². The van der Waals surface area contributed by atoms with Gasteiger partial charge in [0.25, 0.3) is 5.91 Å². The number of carbonyl (C=O) groups is 2. The van der Waals surface area contributed by atoms with E-state index in [2.05, 4.69) is 10.6 Å². The van der Waals surface area contributed by atoms with Crippen molar-refractivity contribution in [1.82, 2.24) is 10.6 Å². The Morgan fingerprint density at radius 3 is 0.986 bits per heavy atom. The monoisotopic (exact) mass is 2000 g/mol. The summed E-state index contributed by atoms with van der Waals surface area (Å²) in [5.41, 5.74) is 94.2. The molecule has 1 unspecified atom stereocenters. The van der Waals surface area contributed by atoms with Crippen LogP contribution in [-0.2, 0) is 94.9 Å². The maximum Gasteiger partial charge on any atom is 0.254 e. The lowest BCUT2D eigenvalue weighted by molar-refractivity contribution is -0.283. The van der Waals surface area contributed by atoms with Crippen LogP contribution in [0.25, 0.3) is 0 Å². The molecular formula is C81H150N18O39. The Morgan fingerprint density at radius 1 is 0.377 bits per heavy atom. The van der Waals surface area contributed by atoms with Crippen LogP contribution >= 0.6 is 0 Å². The molecule has 13 aliphatic rings. The number of aliphatic hydroxyl groups excluding tert-OH is 18. The highest BCUT2D eigenvalue weighted by Crippen LogP contribution is 2.43. The molecule has 798 valence electrons. The summed E-state index contributed by atoms with van der Waals surface area (Å²) in [7, 11) is 0. The Labute approximate surface area is 793 Å². The summed E-state index contributed by atoms with van der Waals surface area (Å²) in [6, 6.07) is -9.14. The topological polar surface area (TPSA) is 1030 Å². The number of β-amino-alcohol motifs (C(OH)–C–C–N with tert-alkyl or cyclic N) is 1. The van der Waals surface area contributed by atoms with Crippen LogP contribution in [0.4, 0.5) is 0 Å². The Balaban J connectivity index is 0.000000198. The van der Waals surface area contributed by atoms with E-state index in [4.69, 9.17) is 177 Å². The molecule has 3 aliphatic carbocycles. The minimum absolute atomic E-state index is 0.00500. The van der Waals surface area contributed by atoms with Crippen LogP contribution in [0.5, 0.6) is 0 Å². The van der Waals surface area contributed by atoms with Gasteiger partial charge in [0.05, 0.1) is 94.0 Å². The molecule has 13 rings (SSSR count). The van der Waals surface area contributed by atoms with Gasteiger partial charge >= 0.3 is 0 Å². The van der Waals surface area contributed by atoms with E-state index in [0.717, 1.165) is 0 Å². The normalized spacial score (nSPS) is 46.0. The fourth-order valence-electron chi connectivity index (χ4n) is 18.8. The van der Waals surface area contributed by atoms with Crippen LogP contribution in [-0.4, -0.2) is 494 Å². The van der Waals surface area contributed by atoms with E-state index in [9.17, 15) is 107 Å². The first-order valence-electron chi connectivity index (χ1n) is 46.4. The van der Waals surface area contributed by atoms with Crippen molar-refractivity contribution in [1.29, 1.82) is 0 Å². The van der Waals surface area contributed by atoms with Crippen LogP contribution in [0.3, 0.4) is 0 Å². The minimum atomic E-state index is -1.67. The Morgan fingerprint density at radius 2 is 0.681 bits per heavy atom. The quantitative estimate of drug-likeness (QED) is 0.0275. The second-order valence-electron chi connectivity index (χ2n) is 37.1. The highest BCUT2D eigenvalue weighted by Gasteiger charge is 2.61. The zero-order chi connectivity index (χ0) is 101. The van der Waals surface area contributed by atoms with Gasteiger partial charge in [-0.1, -0.05) is 0 Å². The summed E-state index contributed by atoms with van der Waals surface area (Å²) in [4.78, 5) is 25.4. The molecule has 10 aliphatic heterocycles. The predicted octanol–water partition coefficient (Wildman–Crippen LogP) is -21.8. The van der Waals surface area contributed by atoms with Gasteiger partial charge in [0, 0.05) is 82.9 Å². The molecule has 0 spiro atoms. The lowest BCUT2D eigenvalue weighted by atomic mass is 9.75. The molecule has 10 fully saturated rings. The first kappa shape index (κ1) is 114. The van der Waals surface area contributed by atoms with Gasteiger partial charge in [0.15, 0.2) is 49.1 Å². The Hall–Kier alpha value is -4.28. The number of aliphatic hydroxyl groups is 19. The first-order valence-corrected chi connectivity index (χ1v) is 46.4. The predicted molar refractivity (Wildman–Crippen MR) is 466 cm³/mol. The van der Waals surface area contributed by atoms with Gasteiger partial charge in [-0.05, 0) is 75.0 Å². The standard InChI is InChI=1S/C27H49N7O13.C27H50N6O13.C27H51N5O13/c28-4-9-1-2-10(30)23(42-9)45-20-11(31)3-12(34-26(40)27(41)7-33-8-27)16(36)22(20)47-25-19(39)21(14(6-35)44-25)46-24-15(32)18(38)17(37)13(5-29)43-24;28-5-10-1-2-11(31)25(41-10)44-22-12(32)3-9(4-13(35)14(36)6-29)18(37)24(22)46-27-21(40)23(16(8-34)43-27)45-26-17(33)20(39)19(38)15(7-30)42-26;28-5-12-1-2-13(30)25(40-12)43-22-14(31)4-11(3-10(7-33)8-34)18(36)24(22)45-27-21(39)23(16(9-35)42-27)44-26-17(32)20(38)19(37)15(6-29)41-26/h1,10-25,33,35-39,41H,2-8,28-32H2,(H,34,40);1,9,11-12,14-27,34,36-40H,2-8,28-33H2;1,10-11,13-27,33-39H,2-9,28-32H2/t10-,11+,12-,13+,14-,15-,16+,17-,18-,19-,20-,21-,22-,23-,24-,25+;9-,11+,12-,14?,15-,16+,17+,18-,19+,20+,21+,22+,23+,24+,25+,26+,27-;11-,13-,14+,15+,16-,17-,18+,19-,20-,21-,22-,23-,24-,25-,26-,27+/m101/s1. The van der Waals surface area contributed by atoms with E-state index >= 15 is 0 Å². The van der Waals surface area contributed by atoms with Crippen molar-refractivity contribution in [3.8, 4) is 0 Å². The van der Waals surface area contributed by atoms with Crippen molar-refractivity contribution in [2.45, 2.75) is 345 Å². The summed E-state index contributed by atoms with van der Waals surface area (Å²) in [5.74, 6) is -1.89. The molecule has 49 atom stereocenters. The number of Topliss-reactive ketones (excluding diaryl/α,β-unsaturated/α-hetero) is 1. The van der Waals surface area contributed by atoms with E-state index in [1.807, 2.05) is 0 Å². The molecule has 10 heterocycles. The number of ether oxygens (including phenoxy) is 18. The fourth-order valence-corrected chi connectivity index (χ4v) is 18.8. The van der Waals surface area contributed by atoms with Gasteiger partial charge < -0.3 is 285 Å². The number of nitrogens with one attached hydrogen (secondary N) is 2. The van der Waals surface area contributed by atoms with Crippen LogP contribution in [0.2, 0.25) is 0 Å². The third kappa shape index (κ3) is 26.3. The molecule has 3 saturated carbocycles.